The van der Waals surface area contributed by atoms with Crippen LogP contribution in [-0.4, -0.2) is 23.4 Å². The predicted octanol–water partition coefficient (Wildman–Crippen LogP) is 5.65. The molecule has 0 aliphatic rings. The Hall–Kier alpha value is -1.27. The van der Waals surface area contributed by atoms with Crippen molar-refractivity contribution in [3.63, 3.8) is 0 Å². The second kappa shape index (κ2) is 9.09. The van der Waals surface area contributed by atoms with Crippen molar-refractivity contribution in [2.75, 3.05) is 6.07 Å². The van der Waals surface area contributed by atoms with E-state index in [9.17, 15) is 9.36 Å². The van der Waals surface area contributed by atoms with Crippen LogP contribution in [0.4, 0.5) is 4.79 Å². The first kappa shape index (κ1) is 22.8. The molecule has 0 aliphatic heterocycles. The maximum absolute atomic E-state index is 13.2. The molecule has 148 valence electrons. The summed E-state index contributed by atoms with van der Waals surface area (Å²) >= 11 is 5.30. The van der Waals surface area contributed by atoms with Gasteiger partial charge < -0.3 is 14.0 Å². The van der Waals surface area contributed by atoms with Gasteiger partial charge >= 0.3 is 14.0 Å². The van der Waals surface area contributed by atoms with Crippen molar-refractivity contribution in [2.45, 2.75) is 59.4 Å². The third-order valence-electron chi connectivity index (χ3n) is 2.47. The van der Waals surface area contributed by atoms with Gasteiger partial charge in [-0.15, -0.1) is 0 Å². The molecule has 0 radical (unpaired) electrons. The lowest BCUT2D eigenvalue weighted by molar-refractivity contribution is 0.0220. The Balaban J connectivity index is 3.04. The van der Waals surface area contributed by atoms with E-state index in [4.69, 9.17) is 29.9 Å². The summed E-state index contributed by atoms with van der Waals surface area (Å²) in [6.07, 6.45) is -0.921. The van der Waals surface area contributed by atoms with Crippen molar-refractivity contribution in [3.05, 3.63) is 29.8 Å². The molecule has 26 heavy (non-hydrogen) atoms. The van der Waals surface area contributed by atoms with Crippen LogP contribution in [0, 0.1) is 0 Å². The molecule has 1 aromatic rings. The zero-order valence-corrected chi connectivity index (χ0v) is 17.6. The Morgan fingerprint density at radius 2 is 1.54 bits per heavy atom. The molecule has 0 atom stereocenters. The standard InChI is InChI=1S/C17H26ClO7P/c1-16(2,3)24-26(20,25-17(4,5)6)23-14-10-8-7-9-13(14)11-21-15(19)22-12-18/h7-10H,11-12H2,1-6H3. The van der Waals surface area contributed by atoms with Gasteiger partial charge in [-0.05, 0) is 47.6 Å². The minimum atomic E-state index is -3.96. The number of carbonyl (C=O) groups is 1. The van der Waals surface area contributed by atoms with E-state index in [-0.39, 0.29) is 18.4 Å². The molecule has 0 aromatic heterocycles. The zero-order valence-electron chi connectivity index (χ0n) is 15.9. The van der Waals surface area contributed by atoms with E-state index in [1.807, 2.05) is 0 Å². The van der Waals surface area contributed by atoms with E-state index in [0.29, 0.717) is 5.56 Å². The van der Waals surface area contributed by atoms with Crippen molar-refractivity contribution in [1.29, 1.82) is 0 Å². The summed E-state index contributed by atoms with van der Waals surface area (Å²) in [6, 6.07) is 6.33. The zero-order chi connectivity index (χ0) is 20.0. The Labute approximate surface area is 159 Å². The number of halogens is 1. The molecule has 0 spiro atoms. The average Bonchev–Trinajstić information content (AvgIpc) is 2.42. The van der Waals surface area contributed by atoms with E-state index in [0.717, 1.165) is 0 Å². The molecule has 7 nitrogen and oxygen atoms in total. The van der Waals surface area contributed by atoms with Crippen LogP contribution < -0.4 is 4.52 Å². The lowest BCUT2D eigenvalue weighted by atomic mass is 10.2. The first-order valence-electron chi connectivity index (χ1n) is 7.98. The van der Waals surface area contributed by atoms with Gasteiger partial charge in [-0.1, -0.05) is 29.8 Å². The number of phosphoric acid groups is 1. The largest absolute Gasteiger partial charge is 0.531 e. The molecule has 0 unspecified atom stereocenters. The molecule has 0 amide bonds. The van der Waals surface area contributed by atoms with Gasteiger partial charge in [0.05, 0.1) is 11.2 Å². The smallest absolute Gasteiger partial charge is 0.429 e. The second-order valence-corrected chi connectivity index (χ2v) is 9.01. The molecule has 0 aliphatic carbocycles. The Morgan fingerprint density at radius 1 is 1.00 bits per heavy atom. The number of hydrogen-bond donors (Lipinski definition) is 0. The lowest BCUT2D eigenvalue weighted by Crippen LogP contribution is -2.25. The van der Waals surface area contributed by atoms with Crippen molar-refractivity contribution in [2.24, 2.45) is 0 Å². The Morgan fingerprint density at radius 3 is 2.04 bits per heavy atom. The topological polar surface area (TPSA) is 80.3 Å². The van der Waals surface area contributed by atoms with Crippen molar-refractivity contribution < 1.29 is 32.4 Å². The number of rotatable bonds is 7. The van der Waals surface area contributed by atoms with Gasteiger partial charge in [0.15, 0.2) is 6.07 Å². The number of carbonyl (C=O) groups excluding carboxylic acids is 1. The number of benzene rings is 1. The normalized spacial score (nSPS) is 12.6. The number of alkyl halides is 1. The summed E-state index contributed by atoms with van der Waals surface area (Å²) in [5, 5.41) is 0. The molecule has 9 heteroatoms. The van der Waals surface area contributed by atoms with E-state index >= 15 is 0 Å². The number of ether oxygens (including phenoxy) is 2. The fourth-order valence-corrected chi connectivity index (χ4v) is 3.74. The van der Waals surface area contributed by atoms with Crippen molar-refractivity contribution >= 4 is 25.6 Å². The van der Waals surface area contributed by atoms with Crippen LogP contribution in [0.2, 0.25) is 0 Å². The van der Waals surface area contributed by atoms with Gasteiger partial charge in [0, 0.05) is 5.56 Å². The minimum Gasteiger partial charge on any atom is -0.429 e. The molecular weight excluding hydrogens is 383 g/mol. The van der Waals surface area contributed by atoms with Crippen LogP contribution in [0.1, 0.15) is 47.1 Å². The summed E-state index contributed by atoms with van der Waals surface area (Å²) in [4.78, 5) is 11.3. The molecule has 0 fully saturated rings. The first-order valence-corrected chi connectivity index (χ1v) is 9.98. The van der Waals surface area contributed by atoms with E-state index in [2.05, 4.69) is 4.74 Å². The molecular formula is C17H26ClO7P. The highest BCUT2D eigenvalue weighted by molar-refractivity contribution is 7.49. The maximum Gasteiger partial charge on any atom is 0.531 e. The maximum atomic E-state index is 13.2. The van der Waals surface area contributed by atoms with Crippen LogP contribution in [0.3, 0.4) is 0 Å². The summed E-state index contributed by atoms with van der Waals surface area (Å²) in [5.74, 6) is 0.211. The molecule has 0 saturated heterocycles. The van der Waals surface area contributed by atoms with Crippen molar-refractivity contribution in [1.82, 2.24) is 0 Å². The Bertz CT molecular complexity index is 629. The van der Waals surface area contributed by atoms with Gasteiger partial charge in [0.2, 0.25) is 0 Å². The van der Waals surface area contributed by atoms with Gasteiger partial charge in [0.1, 0.15) is 12.4 Å². The summed E-state index contributed by atoms with van der Waals surface area (Å²) in [6.45, 7) is 10.3. The highest BCUT2D eigenvalue weighted by atomic mass is 35.5. The van der Waals surface area contributed by atoms with Crippen LogP contribution in [0.15, 0.2) is 24.3 Å². The fourth-order valence-electron chi connectivity index (χ4n) is 1.78. The number of hydrogen-bond acceptors (Lipinski definition) is 7. The third kappa shape index (κ3) is 8.90. The van der Waals surface area contributed by atoms with Gasteiger partial charge in [-0.3, -0.25) is 9.05 Å². The highest BCUT2D eigenvalue weighted by Crippen LogP contribution is 2.55. The third-order valence-corrected chi connectivity index (χ3v) is 4.54. The molecule has 1 rings (SSSR count). The lowest BCUT2D eigenvalue weighted by Gasteiger charge is -2.31. The van der Waals surface area contributed by atoms with Crippen LogP contribution in [-0.2, 0) is 29.7 Å². The number of phosphoric ester groups is 1. The molecule has 1 aromatic carbocycles. The van der Waals surface area contributed by atoms with Crippen LogP contribution in [0.25, 0.3) is 0 Å². The van der Waals surface area contributed by atoms with Gasteiger partial charge in [0.25, 0.3) is 0 Å². The average molecular weight is 409 g/mol. The van der Waals surface area contributed by atoms with Crippen LogP contribution >= 0.6 is 19.4 Å². The van der Waals surface area contributed by atoms with Gasteiger partial charge in [-0.2, -0.15) is 0 Å². The van der Waals surface area contributed by atoms with E-state index in [1.54, 1.807) is 65.8 Å². The first-order chi connectivity index (χ1) is 11.8. The second-order valence-electron chi connectivity index (χ2n) is 7.35. The molecule has 0 bridgehead atoms. The van der Waals surface area contributed by atoms with Crippen LogP contribution in [0.5, 0.6) is 5.75 Å². The SMILES string of the molecule is CC(C)(C)OP(=O)(Oc1ccccc1COC(=O)OCCl)OC(C)(C)C. The summed E-state index contributed by atoms with van der Waals surface area (Å²) in [5.41, 5.74) is -1.07. The fraction of sp³-hybridized carbons (Fsp3) is 0.588. The van der Waals surface area contributed by atoms with E-state index < -0.39 is 25.2 Å². The van der Waals surface area contributed by atoms with E-state index in [1.165, 1.54) is 0 Å². The van der Waals surface area contributed by atoms with Gasteiger partial charge in [-0.25, -0.2) is 9.36 Å². The number of para-hydroxylation sites is 1. The molecule has 0 heterocycles. The molecule has 0 saturated carbocycles. The monoisotopic (exact) mass is 408 g/mol. The van der Waals surface area contributed by atoms with Crippen molar-refractivity contribution in [3.8, 4) is 5.75 Å². The summed E-state index contributed by atoms with van der Waals surface area (Å²) < 4.78 is 39.4. The quantitative estimate of drug-likeness (QED) is 0.327. The Kier molecular flexibility index (Phi) is 7.96. The summed E-state index contributed by atoms with van der Waals surface area (Å²) in [7, 11) is -3.96. The molecule has 0 N–H and O–H groups in total. The minimum absolute atomic E-state index is 0.156. The highest BCUT2D eigenvalue weighted by Gasteiger charge is 2.39. The predicted molar refractivity (Wildman–Crippen MR) is 98.3 cm³/mol.